The molecule has 0 atom stereocenters. The van der Waals surface area contributed by atoms with Crippen LogP contribution in [0.3, 0.4) is 0 Å². The largest absolute Gasteiger partial charge is 0.458 e. The maximum atomic E-state index is 10.9. The van der Waals surface area contributed by atoms with Gasteiger partial charge in [-0.1, -0.05) is 167 Å². The Morgan fingerprint density at radius 3 is 0.804 bits per heavy atom. The van der Waals surface area contributed by atoms with Crippen LogP contribution in [0.25, 0.3) is 0 Å². The molecular weight excluding hydrogens is 934 g/mol. The van der Waals surface area contributed by atoms with Gasteiger partial charge in [0.25, 0.3) is 0 Å². The van der Waals surface area contributed by atoms with Crippen LogP contribution in [0.15, 0.2) is 97.1 Å². The summed E-state index contributed by atoms with van der Waals surface area (Å²) in [6, 6.07) is 18.2. The van der Waals surface area contributed by atoms with Crippen LogP contribution >= 0.6 is 0 Å². The number of hydrogen-bond acceptors (Lipinski definition) is 8. The van der Waals surface area contributed by atoms with E-state index in [4.69, 9.17) is 9.47 Å². The molecule has 16 radical (unpaired) electrons. The molecule has 0 saturated carbocycles. The topological polar surface area (TPSA) is 200 Å². The molecule has 14 heteroatoms. The monoisotopic (exact) mass is 992 g/mol. The number of esters is 2. The van der Waals surface area contributed by atoms with Gasteiger partial charge in [-0.15, -0.1) is 0 Å². The zero-order valence-corrected chi connectivity index (χ0v) is 38.7. The van der Waals surface area contributed by atoms with Crippen molar-refractivity contribution in [3.05, 3.63) is 136 Å². The molecule has 0 saturated heterocycles. The first-order chi connectivity index (χ1) is 25.6. The second kappa shape index (κ2) is 55.4. The molecule has 0 fully saturated rings. The van der Waals surface area contributed by atoms with E-state index in [2.05, 4.69) is 55.4 Å². The first-order valence-corrected chi connectivity index (χ1v) is 17.1. The number of benzene rings is 2. The van der Waals surface area contributed by atoms with Crippen molar-refractivity contribution in [2.75, 3.05) is 0 Å². The minimum absolute atomic E-state index is 0. The Balaban J connectivity index is -0.000000109. The van der Waals surface area contributed by atoms with Crippen molar-refractivity contribution in [1.29, 1.82) is 0 Å². The molecule has 2 aromatic carbocycles. The summed E-state index contributed by atoms with van der Waals surface area (Å²) in [6.45, 7) is 23.1. The fourth-order valence-corrected chi connectivity index (χ4v) is 1.96. The van der Waals surface area contributed by atoms with E-state index in [1.54, 1.807) is 24.3 Å². The third kappa shape index (κ3) is 71.5. The van der Waals surface area contributed by atoms with Crippen molar-refractivity contribution in [2.45, 2.75) is 92.3 Å². The standard InChI is InChI=1S/2C11H9O4.C4H2O4.4C4H9.2Sn/c2*12-10(13)6-7-11(14)15-8-9-4-2-1-3-5-9;5-3(6)1-2-4(7)8;4*1-3-4-2;;/h2*1-7H,8H2;1-2H;4*1,3-4H2,2H3;;/b2*7-6+;2-1+;;;;;;. The Morgan fingerprint density at radius 2 is 0.625 bits per heavy atom. The smallest absolute Gasteiger partial charge is 0.379 e. The van der Waals surface area contributed by atoms with Crippen molar-refractivity contribution in [1.82, 2.24) is 0 Å². The number of hydrogen-bond donors (Lipinski definition) is 0. The first kappa shape index (κ1) is 66.9. The van der Waals surface area contributed by atoms with Crippen LogP contribution in [0.2, 0.25) is 0 Å². The Bertz CT molecular complexity index is 1180. The molecule has 0 spiro atoms. The van der Waals surface area contributed by atoms with E-state index in [0.29, 0.717) is 24.3 Å². The summed E-state index contributed by atoms with van der Waals surface area (Å²) in [7, 11) is 0. The summed E-state index contributed by atoms with van der Waals surface area (Å²) in [5.74, 6) is -7.35. The third-order valence-corrected chi connectivity index (χ3v) is 4.93. The van der Waals surface area contributed by atoms with Crippen LogP contribution in [-0.4, -0.2) is 83.6 Å². The Labute approximate surface area is 368 Å². The van der Waals surface area contributed by atoms with E-state index in [0.717, 1.165) is 49.0 Å². The molecule has 0 aromatic heterocycles. The summed E-state index contributed by atoms with van der Waals surface area (Å²) in [5, 5.41) is 38.8. The number of unbranched alkanes of at least 4 members (excludes halogenated alkanes) is 4. The molecule has 0 bridgehead atoms. The normalized spacial score (nSPS) is 8.93. The van der Waals surface area contributed by atoms with Gasteiger partial charge in [-0.3, -0.25) is 0 Å². The van der Waals surface area contributed by atoms with Gasteiger partial charge in [0.2, 0.25) is 0 Å². The molecule has 304 valence electrons. The SMILES string of the molecule is [CH2]CCC.[CH2]CCC.[CH2]CCC.[CH2]CCC.[O]C(=O)/C=C/C(=O)OCc1ccccc1.[O]C(=O)/C=C/C(=O)OCc1ccccc1.[O]C(=O)/C=C/C([O])=O.[Sn].[Sn]. The maximum absolute atomic E-state index is 10.9. The van der Waals surface area contributed by atoms with Crippen molar-refractivity contribution in [3.8, 4) is 0 Å². The number of ether oxygens (including phenoxy) is 2. The maximum Gasteiger partial charge on any atom is 0.379 e. The number of rotatable bonds is 14. The zero-order chi connectivity index (χ0) is 42.4. The number of carbonyl (C=O) groups is 6. The van der Waals surface area contributed by atoms with Gasteiger partial charge in [0.05, 0.1) is 0 Å². The van der Waals surface area contributed by atoms with Crippen LogP contribution in [0.1, 0.15) is 90.2 Å². The fraction of sp³-hybridized carbons (Fsp3) is 0.333. The fourth-order valence-electron chi connectivity index (χ4n) is 1.96. The van der Waals surface area contributed by atoms with Gasteiger partial charge in [0.15, 0.2) is 0 Å². The Kier molecular flexibility index (Phi) is 66.2. The molecule has 2 rings (SSSR count). The van der Waals surface area contributed by atoms with Gasteiger partial charge >= 0.3 is 35.8 Å². The summed E-state index contributed by atoms with van der Waals surface area (Å²) < 4.78 is 9.52. The van der Waals surface area contributed by atoms with Gasteiger partial charge in [0, 0.05) is 84.3 Å². The summed E-state index contributed by atoms with van der Waals surface area (Å²) >= 11 is 0. The van der Waals surface area contributed by atoms with Crippen LogP contribution in [0, 0.1) is 27.7 Å². The van der Waals surface area contributed by atoms with Crippen molar-refractivity contribution in [2.24, 2.45) is 0 Å². The minimum atomic E-state index is -1.55. The van der Waals surface area contributed by atoms with Crippen molar-refractivity contribution in [3.63, 3.8) is 0 Å². The second-order valence-corrected chi connectivity index (χ2v) is 9.88. The van der Waals surface area contributed by atoms with Gasteiger partial charge in [-0.05, 0) is 11.1 Å². The Hall–Kier alpha value is -3.92. The van der Waals surface area contributed by atoms with Crippen molar-refractivity contribution >= 4 is 83.6 Å². The Morgan fingerprint density at radius 1 is 0.429 bits per heavy atom. The minimum Gasteiger partial charge on any atom is -0.458 e. The molecule has 0 N–H and O–H groups in total. The van der Waals surface area contributed by atoms with Crippen LogP contribution in [0.5, 0.6) is 0 Å². The quantitative estimate of drug-likeness (QED) is 0.104. The molecule has 0 aliphatic carbocycles. The predicted octanol–water partition coefficient (Wildman–Crippen LogP) is 7.66. The number of carbonyl (C=O) groups excluding carboxylic acids is 6. The molecule has 0 aliphatic rings. The van der Waals surface area contributed by atoms with E-state index >= 15 is 0 Å². The zero-order valence-electron chi connectivity index (χ0n) is 33.0. The van der Waals surface area contributed by atoms with Gasteiger partial charge in [0.1, 0.15) is 13.2 Å². The second-order valence-electron chi connectivity index (χ2n) is 9.88. The van der Waals surface area contributed by atoms with E-state index in [-0.39, 0.29) is 61.0 Å². The van der Waals surface area contributed by atoms with Crippen LogP contribution < -0.4 is 0 Å². The summed E-state index contributed by atoms with van der Waals surface area (Å²) in [4.78, 5) is 60.6. The average Bonchev–Trinajstić information content (AvgIpc) is 3.18. The van der Waals surface area contributed by atoms with E-state index < -0.39 is 35.8 Å². The molecular formula is C42H56O12Sn2. The average molecular weight is 990 g/mol. The van der Waals surface area contributed by atoms with Gasteiger partial charge in [-0.2, -0.15) is 0 Å². The van der Waals surface area contributed by atoms with E-state index in [1.165, 1.54) is 25.7 Å². The third-order valence-electron chi connectivity index (χ3n) is 4.93. The van der Waals surface area contributed by atoms with E-state index in [1.807, 2.05) is 36.4 Å². The summed E-state index contributed by atoms with van der Waals surface area (Å²) in [6.07, 6.45) is 12.8. The molecule has 12 nitrogen and oxygen atoms in total. The van der Waals surface area contributed by atoms with Crippen molar-refractivity contribution < 1.29 is 58.7 Å². The van der Waals surface area contributed by atoms with E-state index in [9.17, 15) is 49.2 Å². The first-order valence-electron chi connectivity index (χ1n) is 17.1. The molecule has 2 aromatic rings. The summed E-state index contributed by atoms with van der Waals surface area (Å²) in [5.41, 5.74) is 1.68. The van der Waals surface area contributed by atoms with Crippen LogP contribution in [-0.2, 0) is 71.9 Å². The molecule has 0 heterocycles. The molecule has 0 amide bonds. The van der Waals surface area contributed by atoms with Crippen LogP contribution in [0.4, 0.5) is 0 Å². The molecule has 0 aliphatic heterocycles. The predicted molar refractivity (Wildman–Crippen MR) is 215 cm³/mol. The molecule has 56 heavy (non-hydrogen) atoms. The molecule has 0 unspecified atom stereocenters. The van der Waals surface area contributed by atoms with Gasteiger partial charge in [-0.25, -0.2) is 49.2 Å². The van der Waals surface area contributed by atoms with Gasteiger partial charge < -0.3 is 9.47 Å².